The van der Waals surface area contributed by atoms with Crippen molar-refractivity contribution in [3.05, 3.63) is 67.2 Å². The molecule has 1 aromatic heterocycles. The maximum atomic E-state index is 12.2. The summed E-state index contributed by atoms with van der Waals surface area (Å²) in [6, 6.07) is 10.3. The molecule has 7 heteroatoms. The summed E-state index contributed by atoms with van der Waals surface area (Å²) in [5.74, 6) is -0.220. The Labute approximate surface area is 133 Å². The molecule has 0 spiro atoms. The van der Waals surface area contributed by atoms with E-state index in [2.05, 4.69) is 0 Å². The molecule has 0 amide bonds. The molecule has 2 aromatic rings. The van der Waals surface area contributed by atoms with Crippen molar-refractivity contribution >= 4 is 40.1 Å². The number of furan rings is 1. The van der Waals surface area contributed by atoms with E-state index in [1.807, 2.05) is 22.6 Å². The van der Waals surface area contributed by atoms with Gasteiger partial charge in [0.15, 0.2) is 3.77 Å². The second kappa shape index (κ2) is 6.32. The number of hydrogen-bond donors (Lipinski definition) is 0. The van der Waals surface area contributed by atoms with E-state index in [4.69, 9.17) is 9.68 Å². The molecule has 21 heavy (non-hydrogen) atoms. The van der Waals surface area contributed by atoms with Gasteiger partial charge in [-0.05, 0) is 34.7 Å². The smallest absolute Gasteiger partial charge is 0.270 e. The normalized spacial score (nSPS) is 11.0. The van der Waals surface area contributed by atoms with Gasteiger partial charge in [0.1, 0.15) is 17.4 Å². The van der Waals surface area contributed by atoms with Gasteiger partial charge in [0.05, 0.1) is 4.92 Å². The number of nitriles is 1. The van der Waals surface area contributed by atoms with Gasteiger partial charge in [0.25, 0.3) is 5.69 Å². The van der Waals surface area contributed by atoms with Crippen molar-refractivity contribution in [3.63, 3.8) is 0 Å². The number of halogens is 1. The number of carbonyl (C=O) groups excluding carboxylic acids is 1. The van der Waals surface area contributed by atoms with Gasteiger partial charge in [-0.15, -0.1) is 0 Å². The van der Waals surface area contributed by atoms with Gasteiger partial charge in [-0.2, -0.15) is 5.26 Å². The van der Waals surface area contributed by atoms with Gasteiger partial charge in [0.2, 0.25) is 5.78 Å². The van der Waals surface area contributed by atoms with Gasteiger partial charge in [-0.25, -0.2) is 0 Å². The summed E-state index contributed by atoms with van der Waals surface area (Å²) < 4.78 is 5.89. The van der Waals surface area contributed by atoms with Crippen molar-refractivity contribution in [2.24, 2.45) is 0 Å². The molecule has 0 radical (unpaired) electrons. The van der Waals surface area contributed by atoms with Crippen LogP contribution in [0.5, 0.6) is 0 Å². The van der Waals surface area contributed by atoms with Crippen molar-refractivity contribution in [2.45, 2.75) is 0 Å². The maximum Gasteiger partial charge on any atom is 0.270 e. The Balaban J connectivity index is 2.37. The highest BCUT2D eigenvalue weighted by Gasteiger charge is 2.16. The Kier molecular flexibility index (Phi) is 4.49. The second-order valence-corrected chi connectivity index (χ2v) is 5.01. The van der Waals surface area contributed by atoms with E-state index >= 15 is 0 Å². The average Bonchev–Trinajstić information content (AvgIpc) is 2.89. The molecule has 0 aliphatic carbocycles. The number of Topliss-reactive ketones (excluding diaryl/α,β-unsaturated/α-hetero) is 1. The number of non-ortho nitro benzene ring substituents is 1. The number of benzene rings is 1. The molecule has 0 atom stereocenters. The monoisotopic (exact) mass is 394 g/mol. The Morgan fingerprint density at radius 2 is 2.14 bits per heavy atom. The summed E-state index contributed by atoms with van der Waals surface area (Å²) in [5.41, 5.74) is -0.273. The molecular weight excluding hydrogens is 387 g/mol. The van der Waals surface area contributed by atoms with Crippen LogP contribution < -0.4 is 0 Å². The molecule has 1 aromatic carbocycles. The van der Waals surface area contributed by atoms with Crippen LogP contribution in [-0.4, -0.2) is 10.7 Å². The molecule has 2 rings (SSSR count). The minimum absolute atomic E-state index is 0.0817. The molecule has 0 N–H and O–H groups in total. The minimum Gasteiger partial charge on any atom is -0.451 e. The zero-order chi connectivity index (χ0) is 15.4. The Morgan fingerprint density at radius 3 is 2.71 bits per heavy atom. The zero-order valence-corrected chi connectivity index (χ0v) is 12.6. The molecule has 104 valence electrons. The first-order chi connectivity index (χ1) is 10.0. The van der Waals surface area contributed by atoms with Crippen LogP contribution in [0, 0.1) is 25.2 Å². The van der Waals surface area contributed by atoms with Crippen molar-refractivity contribution in [1.82, 2.24) is 0 Å². The standard InChI is InChI=1S/C14H7IN2O4/c15-13-5-4-12(21-13)7-10(8-16)14(18)9-2-1-3-11(6-9)17(19)20/h1-7H/b10-7+. The van der Waals surface area contributed by atoms with Crippen molar-refractivity contribution in [3.8, 4) is 6.07 Å². The van der Waals surface area contributed by atoms with Crippen molar-refractivity contribution in [1.29, 1.82) is 5.26 Å². The summed E-state index contributed by atoms with van der Waals surface area (Å²) in [6.07, 6.45) is 1.31. The fraction of sp³-hybridized carbons (Fsp3) is 0. The quantitative estimate of drug-likeness (QED) is 0.197. The number of rotatable bonds is 4. The highest BCUT2D eigenvalue weighted by Crippen LogP contribution is 2.19. The summed E-state index contributed by atoms with van der Waals surface area (Å²) in [6.45, 7) is 0. The van der Waals surface area contributed by atoms with E-state index < -0.39 is 10.7 Å². The van der Waals surface area contributed by atoms with E-state index in [-0.39, 0.29) is 16.8 Å². The molecule has 0 bridgehead atoms. The van der Waals surface area contributed by atoms with E-state index in [0.717, 1.165) is 6.07 Å². The molecule has 0 aliphatic heterocycles. The van der Waals surface area contributed by atoms with E-state index in [0.29, 0.717) is 9.53 Å². The molecule has 0 unspecified atom stereocenters. The fourth-order valence-corrected chi connectivity index (χ4v) is 2.05. The van der Waals surface area contributed by atoms with Crippen LogP contribution in [0.25, 0.3) is 6.08 Å². The molecular formula is C14H7IN2O4. The first-order valence-electron chi connectivity index (χ1n) is 5.67. The summed E-state index contributed by atoms with van der Waals surface area (Å²) in [7, 11) is 0. The lowest BCUT2D eigenvalue weighted by Crippen LogP contribution is -2.02. The third-order valence-corrected chi connectivity index (χ3v) is 3.14. The largest absolute Gasteiger partial charge is 0.451 e. The minimum atomic E-state index is -0.596. The predicted octanol–water partition coefficient (Wildman–Crippen LogP) is 3.58. The lowest BCUT2D eigenvalue weighted by atomic mass is 10.0. The Morgan fingerprint density at radius 1 is 1.38 bits per heavy atom. The van der Waals surface area contributed by atoms with Crippen LogP contribution in [0.4, 0.5) is 5.69 Å². The Hall–Kier alpha value is -2.47. The summed E-state index contributed by atoms with van der Waals surface area (Å²) >= 11 is 1.96. The van der Waals surface area contributed by atoms with Crippen molar-refractivity contribution < 1.29 is 14.1 Å². The third-order valence-electron chi connectivity index (χ3n) is 2.56. The van der Waals surface area contributed by atoms with E-state index in [1.54, 1.807) is 18.2 Å². The van der Waals surface area contributed by atoms with Crippen LogP contribution in [0.2, 0.25) is 0 Å². The lowest BCUT2D eigenvalue weighted by molar-refractivity contribution is -0.384. The maximum absolute atomic E-state index is 12.2. The molecule has 0 aliphatic rings. The topological polar surface area (TPSA) is 97.1 Å². The highest BCUT2D eigenvalue weighted by atomic mass is 127. The lowest BCUT2D eigenvalue weighted by Gasteiger charge is -1.99. The fourth-order valence-electron chi connectivity index (χ4n) is 1.61. The number of nitro groups is 1. The number of nitro benzene ring substituents is 1. The van der Waals surface area contributed by atoms with Gasteiger partial charge >= 0.3 is 0 Å². The van der Waals surface area contributed by atoms with Gasteiger partial charge in [-0.3, -0.25) is 14.9 Å². The predicted molar refractivity (Wildman–Crippen MR) is 82.4 cm³/mol. The van der Waals surface area contributed by atoms with Crippen LogP contribution >= 0.6 is 22.6 Å². The molecule has 0 fully saturated rings. The first-order valence-corrected chi connectivity index (χ1v) is 6.75. The number of hydrogen-bond acceptors (Lipinski definition) is 5. The van der Waals surface area contributed by atoms with E-state index in [9.17, 15) is 14.9 Å². The number of ketones is 1. The third kappa shape index (κ3) is 3.55. The van der Waals surface area contributed by atoms with Crippen LogP contribution in [0.3, 0.4) is 0 Å². The Bertz CT molecular complexity index is 786. The van der Waals surface area contributed by atoms with Crippen LogP contribution in [-0.2, 0) is 0 Å². The van der Waals surface area contributed by atoms with Gasteiger partial charge in [0, 0.05) is 23.8 Å². The first kappa shape index (κ1) is 14.9. The van der Waals surface area contributed by atoms with Gasteiger partial charge < -0.3 is 4.42 Å². The number of allylic oxidation sites excluding steroid dienone is 1. The highest BCUT2D eigenvalue weighted by molar-refractivity contribution is 14.1. The van der Waals surface area contributed by atoms with Crippen molar-refractivity contribution in [2.75, 3.05) is 0 Å². The molecule has 0 saturated heterocycles. The van der Waals surface area contributed by atoms with Gasteiger partial charge in [-0.1, -0.05) is 12.1 Å². The zero-order valence-electron chi connectivity index (χ0n) is 10.4. The van der Waals surface area contributed by atoms with Crippen LogP contribution in [0.1, 0.15) is 16.1 Å². The van der Waals surface area contributed by atoms with E-state index in [1.165, 1.54) is 24.3 Å². The summed E-state index contributed by atoms with van der Waals surface area (Å²) in [4.78, 5) is 22.3. The number of carbonyl (C=O) groups is 1. The van der Waals surface area contributed by atoms with Crippen LogP contribution in [0.15, 0.2) is 46.4 Å². The molecule has 1 heterocycles. The second-order valence-electron chi connectivity index (χ2n) is 3.95. The summed E-state index contributed by atoms with van der Waals surface area (Å²) in [5, 5.41) is 19.8. The molecule has 6 nitrogen and oxygen atoms in total. The SMILES string of the molecule is N#C/C(=C\c1ccc(I)o1)C(=O)c1cccc([N+](=O)[O-])c1. The average molecular weight is 394 g/mol. The molecule has 0 saturated carbocycles. The number of nitrogens with zero attached hydrogens (tertiary/aromatic N) is 2.